The summed E-state index contributed by atoms with van der Waals surface area (Å²) in [5.41, 5.74) is 1.75. The SMILES string of the molecule is Cc1c(-c2ccccc2)sc2ncn(Cc3nc(C(C)(C)C)no3)c(=O)c12. The van der Waals surface area contributed by atoms with Crippen molar-refractivity contribution in [3.63, 3.8) is 0 Å². The largest absolute Gasteiger partial charge is 0.337 e. The fourth-order valence-electron chi connectivity index (χ4n) is 2.91. The number of thiophene rings is 1. The van der Waals surface area contributed by atoms with Gasteiger partial charge in [0, 0.05) is 10.3 Å². The lowest BCUT2D eigenvalue weighted by molar-refractivity contribution is 0.356. The molecule has 0 amide bonds. The second-order valence-corrected chi connectivity index (χ2v) is 8.54. The summed E-state index contributed by atoms with van der Waals surface area (Å²) < 4.78 is 6.85. The molecule has 0 bridgehead atoms. The van der Waals surface area contributed by atoms with Crippen molar-refractivity contribution >= 4 is 21.6 Å². The predicted octanol–water partition coefficient (Wildman–Crippen LogP) is 4.16. The Morgan fingerprint density at radius 2 is 1.93 bits per heavy atom. The van der Waals surface area contributed by atoms with Gasteiger partial charge >= 0.3 is 0 Å². The summed E-state index contributed by atoms with van der Waals surface area (Å²) in [4.78, 5) is 23.8. The third-order valence-corrected chi connectivity index (χ3v) is 5.65. The lowest BCUT2D eigenvalue weighted by Gasteiger charge is -2.10. The highest BCUT2D eigenvalue weighted by atomic mass is 32.1. The van der Waals surface area contributed by atoms with Crippen LogP contribution in [0.25, 0.3) is 20.7 Å². The normalized spacial score (nSPS) is 12.0. The van der Waals surface area contributed by atoms with Gasteiger partial charge in [-0.3, -0.25) is 9.36 Å². The van der Waals surface area contributed by atoms with E-state index in [1.54, 1.807) is 6.33 Å². The Morgan fingerprint density at radius 1 is 1.19 bits per heavy atom. The molecule has 7 heteroatoms. The maximum Gasteiger partial charge on any atom is 0.262 e. The highest BCUT2D eigenvalue weighted by Crippen LogP contribution is 2.35. The fourth-order valence-corrected chi connectivity index (χ4v) is 4.05. The first-order valence-corrected chi connectivity index (χ1v) is 9.53. The number of aromatic nitrogens is 4. The van der Waals surface area contributed by atoms with Crippen LogP contribution in [0.1, 0.15) is 38.0 Å². The summed E-state index contributed by atoms with van der Waals surface area (Å²) in [5, 5.41) is 4.67. The van der Waals surface area contributed by atoms with Crippen LogP contribution < -0.4 is 5.56 Å². The number of hydrogen-bond donors (Lipinski definition) is 0. The van der Waals surface area contributed by atoms with Gasteiger partial charge in [0.1, 0.15) is 11.4 Å². The molecule has 0 radical (unpaired) electrons. The van der Waals surface area contributed by atoms with E-state index in [2.05, 4.69) is 15.1 Å². The van der Waals surface area contributed by atoms with E-state index in [1.165, 1.54) is 15.9 Å². The zero-order valence-corrected chi connectivity index (χ0v) is 16.5. The molecule has 0 N–H and O–H groups in total. The van der Waals surface area contributed by atoms with E-state index < -0.39 is 0 Å². The number of hydrogen-bond acceptors (Lipinski definition) is 6. The van der Waals surface area contributed by atoms with Crippen LogP contribution in [-0.2, 0) is 12.0 Å². The maximum absolute atomic E-state index is 13.0. The lowest BCUT2D eigenvalue weighted by Crippen LogP contribution is -2.21. The molecule has 4 aromatic rings. The van der Waals surface area contributed by atoms with Gasteiger partial charge in [0.25, 0.3) is 5.56 Å². The third kappa shape index (κ3) is 3.19. The fraction of sp³-hybridized carbons (Fsp3) is 0.300. The molecule has 0 atom stereocenters. The molecule has 0 saturated heterocycles. The smallest absolute Gasteiger partial charge is 0.262 e. The van der Waals surface area contributed by atoms with Crippen LogP contribution >= 0.6 is 11.3 Å². The molecule has 0 aliphatic heterocycles. The van der Waals surface area contributed by atoms with Crippen LogP contribution in [0.3, 0.4) is 0 Å². The van der Waals surface area contributed by atoms with Gasteiger partial charge in [0.15, 0.2) is 5.82 Å². The topological polar surface area (TPSA) is 73.8 Å². The second kappa shape index (κ2) is 6.42. The van der Waals surface area contributed by atoms with E-state index in [9.17, 15) is 4.79 Å². The monoisotopic (exact) mass is 380 g/mol. The number of fused-ring (bicyclic) bond motifs is 1. The minimum Gasteiger partial charge on any atom is -0.337 e. The van der Waals surface area contributed by atoms with E-state index in [0.717, 1.165) is 20.8 Å². The highest BCUT2D eigenvalue weighted by molar-refractivity contribution is 7.22. The van der Waals surface area contributed by atoms with Gasteiger partial charge in [-0.1, -0.05) is 56.3 Å². The molecule has 0 aliphatic carbocycles. The van der Waals surface area contributed by atoms with Gasteiger partial charge in [0.05, 0.1) is 11.7 Å². The molecule has 3 heterocycles. The summed E-state index contributed by atoms with van der Waals surface area (Å²) in [7, 11) is 0. The van der Waals surface area contributed by atoms with Crippen molar-refractivity contribution in [2.75, 3.05) is 0 Å². The zero-order valence-electron chi connectivity index (χ0n) is 15.7. The zero-order chi connectivity index (χ0) is 19.2. The van der Waals surface area contributed by atoms with E-state index in [1.807, 2.05) is 58.0 Å². The maximum atomic E-state index is 13.0. The number of benzene rings is 1. The Bertz CT molecular complexity index is 1170. The van der Waals surface area contributed by atoms with Gasteiger partial charge in [0.2, 0.25) is 5.89 Å². The molecule has 27 heavy (non-hydrogen) atoms. The van der Waals surface area contributed by atoms with Crippen LogP contribution in [0.2, 0.25) is 0 Å². The van der Waals surface area contributed by atoms with Crippen molar-refractivity contribution in [1.82, 2.24) is 19.7 Å². The number of aryl methyl sites for hydroxylation is 1. The molecule has 0 unspecified atom stereocenters. The van der Waals surface area contributed by atoms with Crippen LogP contribution in [0.5, 0.6) is 0 Å². The van der Waals surface area contributed by atoms with Crippen molar-refractivity contribution in [2.45, 2.75) is 39.7 Å². The molecule has 1 aromatic carbocycles. The molecule has 3 aromatic heterocycles. The second-order valence-electron chi connectivity index (χ2n) is 7.54. The van der Waals surface area contributed by atoms with E-state index in [4.69, 9.17) is 4.52 Å². The molecule has 0 aliphatic rings. The van der Waals surface area contributed by atoms with Crippen molar-refractivity contribution in [3.8, 4) is 10.4 Å². The molecular formula is C20H20N4O2S. The standard InChI is InChI=1S/C20H20N4O2S/c1-12-15-17(27-16(12)13-8-6-5-7-9-13)21-11-24(18(15)25)10-14-22-19(23-26-14)20(2,3)4/h5-9,11H,10H2,1-4H3. The third-order valence-electron chi connectivity index (χ3n) is 4.40. The molecular weight excluding hydrogens is 360 g/mol. The Labute approximate surface area is 160 Å². The molecule has 0 saturated carbocycles. The molecule has 4 rings (SSSR count). The van der Waals surface area contributed by atoms with Crippen LogP contribution in [0.4, 0.5) is 0 Å². The van der Waals surface area contributed by atoms with Crippen LogP contribution in [0.15, 0.2) is 46.0 Å². The molecule has 6 nitrogen and oxygen atoms in total. The first-order chi connectivity index (χ1) is 12.8. The highest BCUT2D eigenvalue weighted by Gasteiger charge is 2.22. The van der Waals surface area contributed by atoms with Gasteiger partial charge in [-0.05, 0) is 18.1 Å². The van der Waals surface area contributed by atoms with Crippen molar-refractivity contribution in [2.24, 2.45) is 0 Å². The Hall–Kier alpha value is -2.80. The van der Waals surface area contributed by atoms with Gasteiger partial charge in [-0.25, -0.2) is 4.98 Å². The Kier molecular flexibility index (Phi) is 4.19. The average molecular weight is 380 g/mol. The van der Waals surface area contributed by atoms with E-state index >= 15 is 0 Å². The van der Waals surface area contributed by atoms with E-state index in [0.29, 0.717) is 17.1 Å². The summed E-state index contributed by atoms with van der Waals surface area (Å²) in [5.74, 6) is 1.03. The summed E-state index contributed by atoms with van der Waals surface area (Å²) >= 11 is 1.54. The molecule has 0 fully saturated rings. The quantitative estimate of drug-likeness (QED) is 0.533. The van der Waals surface area contributed by atoms with Crippen molar-refractivity contribution in [3.05, 3.63) is 64.3 Å². The van der Waals surface area contributed by atoms with Crippen LogP contribution in [0, 0.1) is 6.92 Å². The lowest BCUT2D eigenvalue weighted by atomic mass is 9.96. The summed E-state index contributed by atoms with van der Waals surface area (Å²) in [6.45, 7) is 8.23. The minimum absolute atomic E-state index is 0.0913. The van der Waals surface area contributed by atoms with Gasteiger partial charge in [-0.2, -0.15) is 4.98 Å². The first-order valence-electron chi connectivity index (χ1n) is 8.71. The predicted molar refractivity (Wildman–Crippen MR) is 106 cm³/mol. The molecule has 0 spiro atoms. The summed E-state index contributed by atoms with van der Waals surface area (Å²) in [6.07, 6.45) is 1.55. The van der Waals surface area contributed by atoms with Crippen molar-refractivity contribution in [1.29, 1.82) is 0 Å². The van der Waals surface area contributed by atoms with Gasteiger partial charge < -0.3 is 4.52 Å². The average Bonchev–Trinajstić information content (AvgIpc) is 3.23. The molecule has 138 valence electrons. The Morgan fingerprint density at radius 3 is 2.59 bits per heavy atom. The van der Waals surface area contributed by atoms with E-state index in [-0.39, 0.29) is 17.5 Å². The number of rotatable bonds is 3. The number of nitrogens with zero attached hydrogens (tertiary/aromatic N) is 4. The summed E-state index contributed by atoms with van der Waals surface area (Å²) in [6, 6.07) is 10.1. The Balaban J connectivity index is 1.75. The van der Waals surface area contributed by atoms with Crippen LogP contribution in [-0.4, -0.2) is 19.7 Å². The first kappa shape index (κ1) is 17.6. The van der Waals surface area contributed by atoms with Gasteiger partial charge in [-0.15, -0.1) is 11.3 Å². The minimum atomic E-state index is -0.205. The van der Waals surface area contributed by atoms with Crippen molar-refractivity contribution < 1.29 is 4.52 Å².